The van der Waals surface area contributed by atoms with E-state index in [1.807, 2.05) is 7.05 Å². The van der Waals surface area contributed by atoms with E-state index < -0.39 is 10.0 Å². The molecule has 0 heterocycles. The van der Waals surface area contributed by atoms with Gasteiger partial charge in [-0.3, -0.25) is 9.52 Å². The van der Waals surface area contributed by atoms with Gasteiger partial charge in [-0.2, -0.15) is 0 Å². The SMILES string of the molecule is CNCCCNC(=O)c1cccc(S(=O)(=O)Nc2ccccc2OC)c1.Cl. The first-order valence-electron chi connectivity index (χ1n) is 8.16. The van der Waals surface area contributed by atoms with Gasteiger partial charge in [-0.1, -0.05) is 18.2 Å². The molecule has 0 radical (unpaired) electrons. The molecule has 148 valence electrons. The van der Waals surface area contributed by atoms with E-state index in [9.17, 15) is 13.2 Å². The summed E-state index contributed by atoms with van der Waals surface area (Å²) in [5.41, 5.74) is 0.620. The molecule has 2 aromatic carbocycles. The van der Waals surface area contributed by atoms with Crippen LogP contribution in [0.25, 0.3) is 0 Å². The van der Waals surface area contributed by atoms with Crippen molar-refractivity contribution in [3.8, 4) is 5.75 Å². The van der Waals surface area contributed by atoms with E-state index in [2.05, 4.69) is 15.4 Å². The fourth-order valence-corrected chi connectivity index (χ4v) is 3.42. The number of anilines is 1. The zero-order valence-electron chi connectivity index (χ0n) is 15.2. The lowest BCUT2D eigenvalue weighted by molar-refractivity contribution is 0.0953. The highest BCUT2D eigenvalue weighted by Crippen LogP contribution is 2.26. The predicted octanol–water partition coefficient (Wildman–Crippen LogP) is 2.26. The van der Waals surface area contributed by atoms with Crippen LogP contribution >= 0.6 is 12.4 Å². The Balaban J connectivity index is 0.00000364. The molecule has 3 N–H and O–H groups in total. The number of ether oxygens (including phenoxy) is 1. The van der Waals surface area contributed by atoms with Gasteiger partial charge in [0.15, 0.2) is 0 Å². The van der Waals surface area contributed by atoms with E-state index in [1.54, 1.807) is 36.4 Å². The van der Waals surface area contributed by atoms with Gasteiger partial charge in [0, 0.05) is 12.1 Å². The maximum Gasteiger partial charge on any atom is 0.262 e. The van der Waals surface area contributed by atoms with E-state index >= 15 is 0 Å². The van der Waals surface area contributed by atoms with Gasteiger partial charge >= 0.3 is 0 Å². The predicted molar refractivity (Wildman–Crippen MR) is 108 cm³/mol. The first-order valence-corrected chi connectivity index (χ1v) is 9.65. The van der Waals surface area contributed by atoms with Gasteiger partial charge in [0.05, 0.1) is 17.7 Å². The maximum absolute atomic E-state index is 12.6. The normalized spacial score (nSPS) is 10.6. The zero-order chi connectivity index (χ0) is 19.0. The Morgan fingerprint density at radius 1 is 1.07 bits per heavy atom. The molecule has 0 saturated heterocycles. The van der Waals surface area contributed by atoms with Crippen LogP contribution in [-0.2, 0) is 10.0 Å². The summed E-state index contributed by atoms with van der Waals surface area (Å²) in [6.45, 7) is 1.30. The van der Waals surface area contributed by atoms with Crippen molar-refractivity contribution < 1.29 is 17.9 Å². The molecular formula is C18H24ClN3O4S. The van der Waals surface area contributed by atoms with E-state index in [0.29, 0.717) is 18.0 Å². The summed E-state index contributed by atoms with van der Waals surface area (Å²) in [5, 5.41) is 5.76. The fourth-order valence-electron chi connectivity index (χ4n) is 2.31. The average molecular weight is 414 g/mol. The quantitative estimate of drug-likeness (QED) is 0.548. The Morgan fingerprint density at radius 3 is 2.52 bits per heavy atom. The molecule has 0 bridgehead atoms. The molecule has 2 rings (SSSR count). The van der Waals surface area contributed by atoms with Crippen molar-refractivity contribution in [2.75, 3.05) is 32.0 Å². The minimum absolute atomic E-state index is 0. The number of rotatable bonds is 9. The number of benzene rings is 2. The number of nitrogens with one attached hydrogen (secondary N) is 3. The number of methoxy groups -OCH3 is 1. The molecule has 0 spiro atoms. The lowest BCUT2D eigenvalue weighted by atomic mass is 10.2. The number of carbonyl (C=O) groups is 1. The monoisotopic (exact) mass is 413 g/mol. The van der Waals surface area contributed by atoms with Gasteiger partial charge in [-0.25, -0.2) is 8.42 Å². The van der Waals surface area contributed by atoms with Crippen LogP contribution in [-0.4, -0.2) is 41.6 Å². The van der Waals surface area contributed by atoms with Crippen LogP contribution in [0.2, 0.25) is 0 Å². The van der Waals surface area contributed by atoms with Crippen LogP contribution in [0.4, 0.5) is 5.69 Å². The lowest BCUT2D eigenvalue weighted by Crippen LogP contribution is -2.26. The molecule has 0 atom stereocenters. The van der Waals surface area contributed by atoms with Crippen LogP contribution < -0.4 is 20.1 Å². The third kappa shape index (κ3) is 6.42. The number of hydrogen-bond donors (Lipinski definition) is 3. The molecule has 0 saturated carbocycles. The molecule has 9 heteroatoms. The summed E-state index contributed by atoms with van der Waals surface area (Å²) in [7, 11) is -0.548. The minimum Gasteiger partial charge on any atom is -0.495 e. The van der Waals surface area contributed by atoms with Crippen molar-refractivity contribution >= 4 is 34.0 Å². The van der Waals surface area contributed by atoms with Crippen LogP contribution in [0, 0.1) is 0 Å². The number of hydrogen-bond acceptors (Lipinski definition) is 5. The summed E-state index contributed by atoms with van der Waals surface area (Å²) < 4.78 is 32.9. The van der Waals surface area contributed by atoms with E-state index in [1.165, 1.54) is 19.2 Å². The molecule has 27 heavy (non-hydrogen) atoms. The van der Waals surface area contributed by atoms with E-state index in [0.717, 1.165) is 13.0 Å². The molecule has 1 amide bonds. The first kappa shape index (κ1) is 22.8. The lowest BCUT2D eigenvalue weighted by Gasteiger charge is -2.12. The van der Waals surface area contributed by atoms with Crippen molar-refractivity contribution in [2.24, 2.45) is 0 Å². The Morgan fingerprint density at radius 2 is 1.81 bits per heavy atom. The topological polar surface area (TPSA) is 96.5 Å². The highest BCUT2D eigenvalue weighted by Gasteiger charge is 2.18. The molecule has 2 aromatic rings. The highest BCUT2D eigenvalue weighted by molar-refractivity contribution is 7.92. The van der Waals surface area contributed by atoms with Crippen molar-refractivity contribution in [1.82, 2.24) is 10.6 Å². The minimum atomic E-state index is -3.85. The third-order valence-corrected chi connectivity index (χ3v) is 5.01. The largest absolute Gasteiger partial charge is 0.495 e. The second kappa shape index (κ2) is 10.8. The van der Waals surface area contributed by atoms with Crippen LogP contribution in [0.15, 0.2) is 53.4 Å². The second-order valence-electron chi connectivity index (χ2n) is 5.55. The van der Waals surface area contributed by atoms with Crippen LogP contribution in [0.3, 0.4) is 0 Å². The molecule has 0 aliphatic heterocycles. The van der Waals surface area contributed by atoms with E-state index in [4.69, 9.17) is 4.74 Å². The van der Waals surface area contributed by atoms with Gasteiger partial charge in [0.25, 0.3) is 15.9 Å². The number of amides is 1. The Kier molecular flexibility index (Phi) is 9.07. The maximum atomic E-state index is 12.6. The summed E-state index contributed by atoms with van der Waals surface area (Å²) in [6, 6.07) is 12.6. The van der Waals surface area contributed by atoms with Gasteiger partial charge in [0.2, 0.25) is 0 Å². The first-order chi connectivity index (χ1) is 12.5. The summed E-state index contributed by atoms with van der Waals surface area (Å²) in [6.07, 6.45) is 0.787. The van der Waals surface area contributed by atoms with Crippen molar-refractivity contribution in [2.45, 2.75) is 11.3 Å². The van der Waals surface area contributed by atoms with Crippen molar-refractivity contribution in [3.05, 3.63) is 54.1 Å². The Bertz CT molecular complexity index is 859. The van der Waals surface area contributed by atoms with Crippen LogP contribution in [0.5, 0.6) is 5.75 Å². The van der Waals surface area contributed by atoms with Crippen molar-refractivity contribution in [1.29, 1.82) is 0 Å². The summed E-state index contributed by atoms with van der Waals surface area (Å²) in [5.74, 6) is 0.102. The number of sulfonamides is 1. The molecular weight excluding hydrogens is 390 g/mol. The van der Waals surface area contributed by atoms with Crippen LogP contribution in [0.1, 0.15) is 16.8 Å². The number of halogens is 1. The third-order valence-electron chi connectivity index (χ3n) is 3.65. The highest BCUT2D eigenvalue weighted by atomic mass is 35.5. The summed E-state index contributed by atoms with van der Waals surface area (Å²) >= 11 is 0. The standard InChI is InChI=1S/C18H23N3O4S.ClH/c1-19-11-6-12-20-18(22)14-7-5-8-15(13-14)26(23,24)21-16-9-3-4-10-17(16)25-2;/h3-5,7-10,13,19,21H,6,11-12H2,1-2H3,(H,20,22);1H. The molecule has 7 nitrogen and oxygen atoms in total. The number of para-hydroxylation sites is 2. The zero-order valence-corrected chi connectivity index (χ0v) is 16.8. The molecule has 0 aliphatic rings. The van der Waals surface area contributed by atoms with Gasteiger partial charge in [-0.05, 0) is 50.3 Å². The van der Waals surface area contributed by atoms with Crippen molar-refractivity contribution in [3.63, 3.8) is 0 Å². The average Bonchev–Trinajstić information content (AvgIpc) is 2.65. The fraction of sp³-hybridized carbons (Fsp3) is 0.278. The van der Waals surface area contributed by atoms with Gasteiger partial charge < -0.3 is 15.4 Å². The van der Waals surface area contributed by atoms with E-state index in [-0.39, 0.29) is 28.8 Å². The Labute approximate surface area is 166 Å². The molecule has 0 aliphatic carbocycles. The molecule has 0 aromatic heterocycles. The molecule has 0 fully saturated rings. The number of carbonyl (C=O) groups excluding carboxylic acids is 1. The smallest absolute Gasteiger partial charge is 0.262 e. The van der Waals surface area contributed by atoms with Gasteiger partial charge in [0.1, 0.15) is 5.75 Å². The second-order valence-corrected chi connectivity index (χ2v) is 7.23. The Hall–Kier alpha value is -2.29. The summed E-state index contributed by atoms with van der Waals surface area (Å²) in [4.78, 5) is 12.2. The molecule has 0 unspecified atom stereocenters. The van der Waals surface area contributed by atoms with Gasteiger partial charge in [-0.15, -0.1) is 12.4 Å².